The third-order valence-corrected chi connectivity index (χ3v) is 6.38. The lowest BCUT2D eigenvalue weighted by molar-refractivity contribution is -0.274. The van der Waals surface area contributed by atoms with Gasteiger partial charge in [0.25, 0.3) is 5.91 Å². The number of alkyl halides is 3. The van der Waals surface area contributed by atoms with E-state index in [1.165, 1.54) is 12.3 Å². The number of fused-ring (bicyclic) bond motifs is 1. The Hall–Kier alpha value is -2.85. The van der Waals surface area contributed by atoms with E-state index in [0.29, 0.717) is 23.9 Å². The summed E-state index contributed by atoms with van der Waals surface area (Å²) >= 11 is 0. The maximum Gasteiger partial charge on any atom is 0.573 e. The van der Waals surface area contributed by atoms with E-state index in [9.17, 15) is 18.0 Å². The Morgan fingerprint density at radius 2 is 2.00 bits per heavy atom. The van der Waals surface area contributed by atoms with Crippen LogP contribution in [0.25, 0.3) is 0 Å². The molecule has 1 aromatic carbocycles. The monoisotopic (exact) mass is 478 g/mol. The van der Waals surface area contributed by atoms with Crippen molar-refractivity contribution in [2.45, 2.75) is 51.4 Å². The molecule has 34 heavy (non-hydrogen) atoms. The first-order valence-electron chi connectivity index (χ1n) is 11.1. The van der Waals surface area contributed by atoms with Crippen LogP contribution in [0.3, 0.4) is 0 Å². The van der Waals surface area contributed by atoms with E-state index >= 15 is 0 Å². The molecule has 2 aliphatic heterocycles. The number of pyridine rings is 1. The first-order valence-corrected chi connectivity index (χ1v) is 11.1. The zero-order valence-electron chi connectivity index (χ0n) is 19.9. The number of hydrogen-bond acceptors (Lipinski definition) is 6. The predicted molar refractivity (Wildman–Crippen MR) is 121 cm³/mol. The third-order valence-electron chi connectivity index (χ3n) is 6.38. The van der Waals surface area contributed by atoms with Crippen molar-refractivity contribution in [2.24, 2.45) is 0 Å². The molecule has 0 bridgehead atoms. The maximum absolute atomic E-state index is 13.1. The average Bonchev–Trinajstić information content (AvgIpc) is 2.99. The van der Waals surface area contributed by atoms with Crippen LogP contribution in [-0.2, 0) is 16.9 Å². The molecule has 4 rings (SSSR count). The summed E-state index contributed by atoms with van der Waals surface area (Å²) in [7, 11) is 3.94. The Labute approximate surface area is 196 Å². The molecule has 184 valence electrons. The number of carbonyl (C=O) groups excluding carboxylic acids is 1. The second-order valence-electron chi connectivity index (χ2n) is 9.52. The van der Waals surface area contributed by atoms with Crippen LogP contribution in [0.2, 0.25) is 0 Å². The van der Waals surface area contributed by atoms with Crippen molar-refractivity contribution in [2.75, 3.05) is 32.1 Å². The van der Waals surface area contributed by atoms with Gasteiger partial charge in [0.15, 0.2) is 0 Å². The number of nitrogens with zero attached hydrogens (tertiary/aromatic N) is 3. The van der Waals surface area contributed by atoms with Gasteiger partial charge >= 0.3 is 6.36 Å². The van der Waals surface area contributed by atoms with Gasteiger partial charge in [-0.05, 0) is 47.0 Å². The van der Waals surface area contributed by atoms with Crippen LogP contribution in [0.1, 0.15) is 54.0 Å². The fraction of sp³-hybridized carbons (Fsp3) is 0.500. The first-order chi connectivity index (χ1) is 15.8. The number of ether oxygens (including phenoxy) is 2. The van der Waals surface area contributed by atoms with Crippen LogP contribution in [0, 0.1) is 0 Å². The summed E-state index contributed by atoms with van der Waals surface area (Å²) in [6.45, 7) is 7.21. The van der Waals surface area contributed by atoms with Crippen molar-refractivity contribution in [1.29, 1.82) is 0 Å². The van der Waals surface area contributed by atoms with Crippen molar-refractivity contribution in [3.63, 3.8) is 0 Å². The number of likely N-dealkylation sites (N-methyl/N-ethyl adjacent to an activating group) is 1. The van der Waals surface area contributed by atoms with Crippen LogP contribution in [0.4, 0.5) is 18.9 Å². The minimum absolute atomic E-state index is 0.234. The molecule has 1 saturated heterocycles. The Morgan fingerprint density at radius 1 is 1.29 bits per heavy atom. The number of amides is 1. The highest BCUT2D eigenvalue weighted by molar-refractivity contribution is 5.94. The van der Waals surface area contributed by atoms with Gasteiger partial charge in [-0.2, -0.15) is 0 Å². The lowest BCUT2D eigenvalue weighted by Crippen LogP contribution is -2.57. The number of rotatable bonds is 6. The Balaban J connectivity index is 1.52. The zero-order valence-corrected chi connectivity index (χ0v) is 19.9. The van der Waals surface area contributed by atoms with Crippen LogP contribution in [-0.4, -0.2) is 55.4 Å². The number of benzene rings is 1. The van der Waals surface area contributed by atoms with Crippen LogP contribution < -0.4 is 15.0 Å². The molecule has 10 heteroatoms. The summed E-state index contributed by atoms with van der Waals surface area (Å²) in [4.78, 5) is 21.3. The normalized spacial score (nSPS) is 18.4. The minimum atomic E-state index is -4.85. The van der Waals surface area contributed by atoms with Gasteiger partial charge in [0.05, 0.1) is 23.9 Å². The highest BCUT2D eigenvalue weighted by atomic mass is 19.4. The lowest BCUT2D eigenvalue weighted by atomic mass is 10.0. The highest BCUT2D eigenvalue weighted by Crippen LogP contribution is 2.36. The smallest absolute Gasteiger partial charge is 0.405 e. The summed E-state index contributed by atoms with van der Waals surface area (Å²) < 4.78 is 49.5. The van der Waals surface area contributed by atoms with E-state index < -0.39 is 23.9 Å². The van der Waals surface area contributed by atoms with Gasteiger partial charge in [-0.3, -0.25) is 9.78 Å². The molecule has 2 aromatic rings. The summed E-state index contributed by atoms with van der Waals surface area (Å²) in [5.74, 6) is -0.764. The van der Waals surface area contributed by atoms with Gasteiger partial charge in [-0.15, -0.1) is 13.2 Å². The van der Waals surface area contributed by atoms with Gasteiger partial charge < -0.3 is 24.6 Å². The molecule has 3 heterocycles. The second-order valence-corrected chi connectivity index (χ2v) is 9.52. The maximum atomic E-state index is 13.1. The molecule has 0 spiro atoms. The molecule has 1 amide bonds. The SMILES string of the molecule is C[C@H](NC(=O)c1cnc2c(c1)COC2(C)C)c1ccc(N2CC(N(C)C)C2)cc1OC(F)(F)F. The molecule has 0 aliphatic carbocycles. The minimum Gasteiger partial charge on any atom is -0.405 e. The van der Waals surface area contributed by atoms with Crippen molar-refractivity contribution in [3.8, 4) is 5.75 Å². The number of anilines is 1. The predicted octanol–water partition coefficient (Wildman–Crippen LogP) is 3.99. The molecule has 0 radical (unpaired) electrons. The molecule has 7 nitrogen and oxygen atoms in total. The van der Waals surface area contributed by atoms with E-state index in [4.69, 9.17) is 4.74 Å². The first kappa shape index (κ1) is 24.3. The zero-order chi connectivity index (χ0) is 24.8. The van der Waals surface area contributed by atoms with E-state index in [0.717, 1.165) is 24.3 Å². The van der Waals surface area contributed by atoms with Gasteiger partial charge in [0.2, 0.25) is 0 Å². The topological polar surface area (TPSA) is 66.9 Å². The summed E-state index contributed by atoms with van der Waals surface area (Å²) in [5, 5.41) is 2.76. The third kappa shape index (κ3) is 4.97. The number of nitrogens with one attached hydrogen (secondary N) is 1. The van der Waals surface area contributed by atoms with E-state index in [1.807, 2.05) is 32.8 Å². The van der Waals surface area contributed by atoms with E-state index in [-0.39, 0.29) is 11.3 Å². The van der Waals surface area contributed by atoms with E-state index in [2.05, 4.69) is 19.9 Å². The van der Waals surface area contributed by atoms with Crippen LogP contribution >= 0.6 is 0 Å². The number of halogens is 3. The van der Waals surface area contributed by atoms with Crippen LogP contribution in [0.5, 0.6) is 5.75 Å². The Morgan fingerprint density at radius 3 is 2.65 bits per heavy atom. The quantitative estimate of drug-likeness (QED) is 0.678. The van der Waals surface area contributed by atoms with E-state index in [1.54, 1.807) is 25.1 Å². The Kier molecular flexibility index (Phi) is 6.24. The van der Waals surface area contributed by atoms with Gasteiger partial charge in [0.1, 0.15) is 11.4 Å². The summed E-state index contributed by atoms with van der Waals surface area (Å²) in [5.41, 5.74) is 2.27. The fourth-order valence-electron chi connectivity index (χ4n) is 4.25. The second kappa shape index (κ2) is 8.74. The molecule has 1 N–H and O–H groups in total. The average molecular weight is 479 g/mol. The van der Waals surface area contributed by atoms with Gasteiger partial charge in [-0.25, -0.2) is 0 Å². The Bertz CT molecular complexity index is 1080. The highest BCUT2D eigenvalue weighted by Gasteiger charge is 2.35. The lowest BCUT2D eigenvalue weighted by Gasteiger charge is -2.44. The molecule has 1 fully saturated rings. The summed E-state index contributed by atoms with van der Waals surface area (Å²) in [6, 6.07) is 6.03. The molecule has 0 saturated carbocycles. The van der Waals surface area contributed by atoms with Crippen molar-refractivity contribution in [1.82, 2.24) is 15.2 Å². The fourth-order valence-corrected chi connectivity index (χ4v) is 4.25. The molecule has 0 unspecified atom stereocenters. The number of hydrogen-bond donors (Lipinski definition) is 1. The van der Waals surface area contributed by atoms with Gasteiger partial charge in [0, 0.05) is 48.2 Å². The molecule has 2 aliphatic rings. The molecular weight excluding hydrogens is 449 g/mol. The van der Waals surface area contributed by atoms with Gasteiger partial charge in [-0.1, -0.05) is 6.07 Å². The van der Waals surface area contributed by atoms with Crippen molar-refractivity contribution >= 4 is 11.6 Å². The molecular formula is C24H29F3N4O3. The van der Waals surface area contributed by atoms with Crippen molar-refractivity contribution in [3.05, 3.63) is 52.8 Å². The van der Waals surface area contributed by atoms with Crippen LogP contribution in [0.15, 0.2) is 30.5 Å². The molecule has 1 atom stereocenters. The largest absolute Gasteiger partial charge is 0.573 e. The number of carbonyl (C=O) groups is 1. The van der Waals surface area contributed by atoms with Crippen molar-refractivity contribution < 1.29 is 27.4 Å². The molecule has 1 aromatic heterocycles. The number of aromatic nitrogens is 1. The summed E-state index contributed by atoms with van der Waals surface area (Å²) in [6.07, 6.45) is -3.40. The standard InChI is InChI=1S/C24H29F3N4O3/c1-14(29-22(32)15-8-16-13-33-23(2,3)21(16)28-10-15)19-7-6-17(9-20(19)34-24(25,26)27)31-11-18(12-31)30(4)5/h6-10,14,18H,11-13H2,1-5H3,(H,29,32)/t14-/m0/s1.